The first kappa shape index (κ1) is 19.6. The summed E-state index contributed by atoms with van der Waals surface area (Å²) in [6.07, 6.45) is -6.02. The van der Waals surface area contributed by atoms with Crippen LogP contribution in [0.5, 0.6) is 0 Å². The summed E-state index contributed by atoms with van der Waals surface area (Å²) >= 11 is 0. The molecular weight excluding hydrogens is 381 g/mol. The first-order valence-electron chi connectivity index (χ1n) is 8.26. The van der Waals surface area contributed by atoms with Gasteiger partial charge < -0.3 is 9.47 Å². The third-order valence-corrected chi connectivity index (χ3v) is 4.09. The summed E-state index contributed by atoms with van der Waals surface area (Å²) in [4.78, 5) is 36.0. The Balaban J connectivity index is 1.96. The molecule has 1 aromatic heterocycles. The summed E-state index contributed by atoms with van der Waals surface area (Å²) in [6, 6.07) is 5.33. The lowest BCUT2D eigenvalue weighted by atomic mass is 10.2. The first-order chi connectivity index (χ1) is 13.1. The highest BCUT2D eigenvalue weighted by molar-refractivity contribution is 5.89. The van der Waals surface area contributed by atoms with Gasteiger partial charge in [0.25, 0.3) is 0 Å². The quantitative estimate of drug-likeness (QED) is 0.741. The van der Waals surface area contributed by atoms with Gasteiger partial charge in [0.2, 0.25) is 17.2 Å². The van der Waals surface area contributed by atoms with E-state index in [0.29, 0.717) is 0 Å². The number of hydrogen-bond donors (Lipinski definition) is 0. The zero-order valence-electron chi connectivity index (χ0n) is 14.8. The van der Waals surface area contributed by atoms with Gasteiger partial charge in [0, 0.05) is 18.2 Å². The van der Waals surface area contributed by atoms with E-state index >= 15 is 0 Å². The van der Waals surface area contributed by atoms with E-state index < -0.39 is 47.0 Å². The fourth-order valence-electron chi connectivity index (χ4n) is 2.77. The fourth-order valence-corrected chi connectivity index (χ4v) is 2.77. The van der Waals surface area contributed by atoms with Crippen molar-refractivity contribution in [2.45, 2.75) is 38.7 Å². The van der Waals surface area contributed by atoms with E-state index in [1.165, 1.54) is 19.1 Å². The summed E-state index contributed by atoms with van der Waals surface area (Å²) in [5.74, 6) is -1.88. The van der Waals surface area contributed by atoms with Crippen LogP contribution in [0.3, 0.4) is 0 Å². The average molecular weight is 396 g/mol. The SMILES string of the molecule is Cc1cc(=O)c(C(=O)OC2CC(C)OC2=O)nn1-c1cccc(C(F)(F)F)c1. The van der Waals surface area contributed by atoms with E-state index in [9.17, 15) is 27.6 Å². The molecule has 0 aliphatic carbocycles. The van der Waals surface area contributed by atoms with Crippen LogP contribution >= 0.6 is 0 Å². The zero-order chi connectivity index (χ0) is 20.6. The molecule has 2 aromatic rings. The van der Waals surface area contributed by atoms with Crippen LogP contribution < -0.4 is 5.43 Å². The highest BCUT2D eigenvalue weighted by Crippen LogP contribution is 2.30. The highest BCUT2D eigenvalue weighted by Gasteiger charge is 2.36. The molecule has 148 valence electrons. The molecule has 1 aliphatic rings. The van der Waals surface area contributed by atoms with E-state index in [4.69, 9.17) is 9.47 Å². The average Bonchev–Trinajstić information content (AvgIpc) is 2.91. The van der Waals surface area contributed by atoms with Gasteiger partial charge in [-0.1, -0.05) is 6.07 Å². The molecule has 0 amide bonds. The summed E-state index contributed by atoms with van der Waals surface area (Å²) in [7, 11) is 0. The Kier molecular flexibility index (Phi) is 4.97. The second kappa shape index (κ2) is 7.10. The molecule has 2 unspecified atom stereocenters. The molecule has 1 saturated heterocycles. The smallest absolute Gasteiger partial charge is 0.416 e. The van der Waals surface area contributed by atoms with Crippen molar-refractivity contribution in [1.29, 1.82) is 0 Å². The molecule has 28 heavy (non-hydrogen) atoms. The molecule has 7 nitrogen and oxygen atoms in total. The van der Waals surface area contributed by atoms with Crippen LogP contribution in [0.2, 0.25) is 0 Å². The molecular formula is C18H15F3N2O5. The van der Waals surface area contributed by atoms with Gasteiger partial charge in [-0.25, -0.2) is 14.3 Å². The van der Waals surface area contributed by atoms with Crippen molar-refractivity contribution in [3.63, 3.8) is 0 Å². The van der Waals surface area contributed by atoms with Gasteiger partial charge in [0.1, 0.15) is 6.10 Å². The van der Waals surface area contributed by atoms with Gasteiger partial charge in [-0.3, -0.25) is 4.79 Å². The maximum absolute atomic E-state index is 13.0. The molecule has 3 rings (SSSR count). The van der Waals surface area contributed by atoms with Crippen LogP contribution in [0, 0.1) is 6.92 Å². The monoisotopic (exact) mass is 396 g/mol. The van der Waals surface area contributed by atoms with Crippen molar-refractivity contribution in [2.24, 2.45) is 0 Å². The van der Waals surface area contributed by atoms with E-state index in [1.807, 2.05) is 0 Å². The Labute approximate surface area is 156 Å². The number of cyclic esters (lactones) is 1. The number of rotatable bonds is 3. The maximum Gasteiger partial charge on any atom is 0.416 e. The number of nitrogens with zero attached hydrogens (tertiary/aromatic N) is 2. The molecule has 2 heterocycles. The standard InChI is InChI=1S/C18H15F3N2O5/c1-9-6-13(24)15(17(26)28-14-7-10(2)27-16(14)25)22-23(9)12-5-3-4-11(8-12)18(19,20)21/h3-6,8,10,14H,7H2,1-2H3. The molecule has 1 aromatic carbocycles. The second-order valence-corrected chi connectivity index (χ2v) is 6.34. The van der Waals surface area contributed by atoms with E-state index in [2.05, 4.69) is 5.10 Å². The molecule has 0 saturated carbocycles. The van der Waals surface area contributed by atoms with Crippen molar-refractivity contribution in [3.05, 3.63) is 57.5 Å². The van der Waals surface area contributed by atoms with Gasteiger partial charge in [-0.05, 0) is 32.0 Å². The lowest BCUT2D eigenvalue weighted by molar-refractivity contribution is -0.147. The molecule has 0 bridgehead atoms. The van der Waals surface area contributed by atoms with Crippen molar-refractivity contribution >= 4 is 11.9 Å². The number of aromatic nitrogens is 2. The van der Waals surface area contributed by atoms with Crippen molar-refractivity contribution < 1.29 is 32.2 Å². The number of carbonyl (C=O) groups is 2. The number of alkyl halides is 3. The predicted molar refractivity (Wildman–Crippen MR) is 88.9 cm³/mol. The summed E-state index contributed by atoms with van der Waals surface area (Å²) in [5.41, 5.74) is -2.10. The van der Waals surface area contributed by atoms with E-state index in [0.717, 1.165) is 22.9 Å². The number of esters is 2. The van der Waals surface area contributed by atoms with Crippen molar-refractivity contribution in [2.75, 3.05) is 0 Å². The third-order valence-electron chi connectivity index (χ3n) is 4.09. The van der Waals surface area contributed by atoms with Crippen LogP contribution in [0.25, 0.3) is 5.69 Å². The Hall–Kier alpha value is -3.17. The number of aryl methyl sites for hydroxylation is 1. The zero-order valence-corrected chi connectivity index (χ0v) is 14.8. The number of hydrogen-bond acceptors (Lipinski definition) is 6. The third kappa shape index (κ3) is 3.90. The lowest BCUT2D eigenvalue weighted by Crippen LogP contribution is -2.29. The summed E-state index contributed by atoms with van der Waals surface area (Å²) < 4.78 is 49.8. The minimum Gasteiger partial charge on any atom is -0.460 e. The van der Waals surface area contributed by atoms with Crippen LogP contribution in [0.15, 0.2) is 35.1 Å². The Bertz CT molecular complexity index is 999. The molecule has 1 aliphatic heterocycles. The van der Waals surface area contributed by atoms with Gasteiger partial charge in [0.15, 0.2) is 0 Å². The lowest BCUT2D eigenvalue weighted by Gasteiger charge is -2.14. The second-order valence-electron chi connectivity index (χ2n) is 6.34. The van der Waals surface area contributed by atoms with E-state index in [1.54, 1.807) is 6.92 Å². The summed E-state index contributed by atoms with van der Waals surface area (Å²) in [5, 5.41) is 3.86. The number of benzene rings is 1. The number of carbonyl (C=O) groups excluding carboxylic acids is 2. The number of halogens is 3. The fraction of sp³-hybridized carbons (Fsp3) is 0.333. The first-order valence-corrected chi connectivity index (χ1v) is 8.26. The van der Waals surface area contributed by atoms with Gasteiger partial charge in [-0.2, -0.15) is 18.3 Å². The van der Waals surface area contributed by atoms with Crippen LogP contribution in [-0.4, -0.2) is 33.9 Å². The maximum atomic E-state index is 13.0. The van der Waals surface area contributed by atoms with Crippen LogP contribution in [-0.2, 0) is 20.4 Å². The number of ether oxygens (including phenoxy) is 2. The minimum atomic E-state index is -4.57. The highest BCUT2D eigenvalue weighted by atomic mass is 19.4. The van der Waals surface area contributed by atoms with Gasteiger partial charge >= 0.3 is 18.1 Å². The van der Waals surface area contributed by atoms with Crippen LogP contribution in [0.4, 0.5) is 13.2 Å². The van der Waals surface area contributed by atoms with Crippen LogP contribution in [0.1, 0.15) is 35.1 Å². The molecule has 0 radical (unpaired) electrons. The Morgan fingerprint density at radius 2 is 2.00 bits per heavy atom. The molecule has 1 fully saturated rings. The predicted octanol–water partition coefficient (Wildman–Crippen LogP) is 2.42. The van der Waals surface area contributed by atoms with Gasteiger partial charge in [-0.15, -0.1) is 0 Å². The van der Waals surface area contributed by atoms with Gasteiger partial charge in [0.05, 0.1) is 11.3 Å². The molecule has 2 atom stereocenters. The topological polar surface area (TPSA) is 87.5 Å². The summed E-state index contributed by atoms with van der Waals surface area (Å²) in [6.45, 7) is 3.08. The largest absolute Gasteiger partial charge is 0.460 e. The molecule has 0 N–H and O–H groups in total. The van der Waals surface area contributed by atoms with E-state index in [-0.39, 0.29) is 17.8 Å². The normalized spacial score (nSPS) is 19.4. The van der Waals surface area contributed by atoms with Crippen molar-refractivity contribution in [3.8, 4) is 5.69 Å². The molecule has 0 spiro atoms. The molecule has 10 heteroatoms. The van der Waals surface area contributed by atoms with Crippen molar-refractivity contribution in [1.82, 2.24) is 9.78 Å². The minimum absolute atomic E-state index is 0.00951. The Morgan fingerprint density at radius 3 is 2.61 bits per heavy atom. The Morgan fingerprint density at radius 1 is 1.29 bits per heavy atom.